The molecule has 11 heavy (non-hydrogen) atoms. The van der Waals surface area contributed by atoms with Crippen molar-refractivity contribution < 1.29 is 0 Å². The molecule has 0 aliphatic rings. The van der Waals surface area contributed by atoms with Crippen LogP contribution in [0.3, 0.4) is 0 Å². The standard InChI is InChI=1S/C8H17N3/c1-2-3-5-11-6-4-8(10)7-9/h2,7,11H,1,3-6,9-10H2. The first-order valence-electron chi connectivity index (χ1n) is 3.79. The SMILES string of the molecule is C=CCCNCCC(N)=CN. The summed E-state index contributed by atoms with van der Waals surface area (Å²) in [5.41, 5.74) is 11.4. The van der Waals surface area contributed by atoms with Crippen LogP contribution in [-0.4, -0.2) is 13.1 Å². The summed E-state index contributed by atoms with van der Waals surface area (Å²) >= 11 is 0. The van der Waals surface area contributed by atoms with E-state index < -0.39 is 0 Å². The maximum atomic E-state index is 5.46. The third-order valence-corrected chi connectivity index (χ3v) is 1.33. The third-order valence-electron chi connectivity index (χ3n) is 1.33. The Morgan fingerprint density at radius 3 is 2.73 bits per heavy atom. The quantitative estimate of drug-likeness (QED) is 0.382. The van der Waals surface area contributed by atoms with Crippen LogP contribution in [0.15, 0.2) is 24.6 Å². The fourth-order valence-corrected chi connectivity index (χ4v) is 0.645. The van der Waals surface area contributed by atoms with Gasteiger partial charge in [0.15, 0.2) is 0 Å². The van der Waals surface area contributed by atoms with Gasteiger partial charge in [-0.3, -0.25) is 0 Å². The van der Waals surface area contributed by atoms with Gasteiger partial charge in [0, 0.05) is 24.9 Å². The van der Waals surface area contributed by atoms with Crippen molar-refractivity contribution in [2.75, 3.05) is 13.1 Å². The van der Waals surface area contributed by atoms with Crippen LogP contribution in [0.4, 0.5) is 0 Å². The summed E-state index contributed by atoms with van der Waals surface area (Å²) in [7, 11) is 0. The predicted octanol–water partition coefficient (Wildman–Crippen LogP) is 0.301. The first-order chi connectivity index (χ1) is 5.31. The van der Waals surface area contributed by atoms with E-state index in [-0.39, 0.29) is 0 Å². The van der Waals surface area contributed by atoms with Crippen molar-refractivity contribution in [2.24, 2.45) is 11.5 Å². The highest BCUT2D eigenvalue weighted by Crippen LogP contribution is 1.86. The molecular formula is C8H17N3. The summed E-state index contributed by atoms with van der Waals surface area (Å²) in [5, 5.41) is 3.20. The zero-order chi connectivity index (χ0) is 8.53. The highest BCUT2D eigenvalue weighted by atomic mass is 14.8. The van der Waals surface area contributed by atoms with Crippen LogP contribution in [0.1, 0.15) is 12.8 Å². The first-order valence-corrected chi connectivity index (χ1v) is 3.79. The second-order valence-electron chi connectivity index (χ2n) is 2.32. The first kappa shape index (κ1) is 10.0. The highest BCUT2D eigenvalue weighted by molar-refractivity contribution is 4.92. The van der Waals surface area contributed by atoms with Crippen LogP contribution in [0.25, 0.3) is 0 Å². The Morgan fingerprint density at radius 1 is 1.45 bits per heavy atom. The fraction of sp³-hybridized carbons (Fsp3) is 0.500. The van der Waals surface area contributed by atoms with E-state index in [4.69, 9.17) is 11.5 Å². The topological polar surface area (TPSA) is 64.1 Å². The summed E-state index contributed by atoms with van der Waals surface area (Å²) < 4.78 is 0. The van der Waals surface area contributed by atoms with E-state index in [1.54, 1.807) is 0 Å². The maximum absolute atomic E-state index is 5.46. The molecule has 0 aromatic rings. The van der Waals surface area contributed by atoms with E-state index >= 15 is 0 Å². The molecule has 0 rings (SSSR count). The molecule has 0 aromatic heterocycles. The summed E-state index contributed by atoms with van der Waals surface area (Å²) in [6.07, 6.45) is 5.13. The van der Waals surface area contributed by atoms with E-state index in [1.807, 2.05) is 6.08 Å². The fourth-order valence-electron chi connectivity index (χ4n) is 0.645. The molecule has 64 valence electrons. The van der Waals surface area contributed by atoms with Crippen molar-refractivity contribution in [3.05, 3.63) is 24.6 Å². The monoisotopic (exact) mass is 155 g/mol. The van der Waals surface area contributed by atoms with Gasteiger partial charge in [0.2, 0.25) is 0 Å². The Bertz CT molecular complexity index is 129. The number of nitrogens with two attached hydrogens (primary N) is 2. The predicted molar refractivity (Wildman–Crippen MR) is 48.8 cm³/mol. The Morgan fingerprint density at radius 2 is 2.18 bits per heavy atom. The van der Waals surface area contributed by atoms with Crippen LogP contribution in [0.2, 0.25) is 0 Å². The minimum absolute atomic E-state index is 0.733. The second-order valence-corrected chi connectivity index (χ2v) is 2.32. The lowest BCUT2D eigenvalue weighted by molar-refractivity contribution is 0.684. The number of hydrogen-bond acceptors (Lipinski definition) is 3. The molecule has 0 spiro atoms. The number of rotatable bonds is 6. The molecule has 0 aromatic carbocycles. The lowest BCUT2D eigenvalue weighted by Gasteiger charge is -2.01. The zero-order valence-electron chi connectivity index (χ0n) is 6.84. The van der Waals surface area contributed by atoms with Crippen LogP contribution in [0.5, 0.6) is 0 Å². The highest BCUT2D eigenvalue weighted by Gasteiger charge is 1.88. The van der Waals surface area contributed by atoms with Gasteiger partial charge in [-0.05, 0) is 13.0 Å². The minimum Gasteiger partial charge on any atom is -0.403 e. The van der Waals surface area contributed by atoms with Gasteiger partial charge in [0.1, 0.15) is 0 Å². The van der Waals surface area contributed by atoms with E-state index in [0.717, 1.165) is 31.6 Å². The number of hydrogen-bond donors (Lipinski definition) is 3. The maximum Gasteiger partial charge on any atom is 0.0251 e. The molecular weight excluding hydrogens is 138 g/mol. The van der Waals surface area contributed by atoms with Crippen LogP contribution >= 0.6 is 0 Å². The summed E-state index contributed by atoms with van der Waals surface area (Å²) in [6, 6.07) is 0. The molecule has 0 fully saturated rings. The third kappa shape index (κ3) is 6.93. The van der Waals surface area contributed by atoms with Crippen molar-refractivity contribution >= 4 is 0 Å². The van der Waals surface area contributed by atoms with Crippen LogP contribution in [-0.2, 0) is 0 Å². The second kappa shape index (κ2) is 7.15. The molecule has 0 bridgehead atoms. The van der Waals surface area contributed by atoms with Crippen molar-refractivity contribution in [1.82, 2.24) is 5.32 Å². The van der Waals surface area contributed by atoms with E-state index in [1.165, 1.54) is 6.20 Å². The molecule has 0 saturated carbocycles. The summed E-state index contributed by atoms with van der Waals surface area (Å²) in [6.45, 7) is 5.46. The van der Waals surface area contributed by atoms with E-state index in [2.05, 4.69) is 11.9 Å². The van der Waals surface area contributed by atoms with Crippen molar-refractivity contribution in [3.8, 4) is 0 Å². The Kier molecular flexibility index (Phi) is 6.53. The molecule has 3 heteroatoms. The molecule has 0 unspecified atom stereocenters. The Labute approximate surface area is 68.1 Å². The van der Waals surface area contributed by atoms with Gasteiger partial charge in [0.25, 0.3) is 0 Å². The molecule has 0 saturated heterocycles. The molecule has 0 aliphatic heterocycles. The van der Waals surface area contributed by atoms with Gasteiger partial charge in [-0.2, -0.15) is 0 Å². The van der Waals surface area contributed by atoms with Crippen LogP contribution < -0.4 is 16.8 Å². The smallest absolute Gasteiger partial charge is 0.0251 e. The van der Waals surface area contributed by atoms with Crippen LogP contribution in [0, 0.1) is 0 Å². The molecule has 0 heterocycles. The van der Waals surface area contributed by atoms with Gasteiger partial charge >= 0.3 is 0 Å². The lowest BCUT2D eigenvalue weighted by Crippen LogP contribution is -2.18. The minimum atomic E-state index is 0.733. The van der Waals surface area contributed by atoms with Gasteiger partial charge in [-0.25, -0.2) is 0 Å². The molecule has 0 aliphatic carbocycles. The van der Waals surface area contributed by atoms with Crippen molar-refractivity contribution in [1.29, 1.82) is 0 Å². The number of nitrogens with one attached hydrogen (secondary N) is 1. The summed E-state index contributed by atoms with van der Waals surface area (Å²) in [4.78, 5) is 0. The largest absolute Gasteiger partial charge is 0.403 e. The van der Waals surface area contributed by atoms with Crippen molar-refractivity contribution in [3.63, 3.8) is 0 Å². The average molecular weight is 155 g/mol. The average Bonchev–Trinajstić information content (AvgIpc) is 2.04. The Balaban J connectivity index is 3.08. The van der Waals surface area contributed by atoms with Gasteiger partial charge in [-0.1, -0.05) is 6.08 Å². The lowest BCUT2D eigenvalue weighted by atomic mass is 10.3. The summed E-state index contributed by atoms with van der Waals surface area (Å²) in [5.74, 6) is 0. The van der Waals surface area contributed by atoms with Gasteiger partial charge in [-0.15, -0.1) is 6.58 Å². The van der Waals surface area contributed by atoms with E-state index in [9.17, 15) is 0 Å². The van der Waals surface area contributed by atoms with E-state index in [0.29, 0.717) is 0 Å². The van der Waals surface area contributed by atoms with Crippen molar-refractivity contribution in [2.45, 2.75) is 12.8 Å². The molecule has 0 atom stereocenters. The molecule has 0 amide bonds. The normalized spacial score (nSPS) is 11.5. The molecule has 3 nitrogen and oxygen atoms in total. The van der Waals surface area contributed by atoms with Gasteiger partial charge < -0.3 is 16.8 Å². The van der Waals surface area contributed by atoms with Gasteiger partial charge in [0.05, 0.1) is 0 Å². The Hall–Kier alpha value is -0.960. The zero-order valence-corrected chi connectivity index (χ0v) is 6.84. The molecule has 5 N–H and O–H groups in total. The molecule has 0 radical (unpaired) electrons.